The first kappa shape index (κ1) is 14.7. The van der Waals surface area contributed by atoms with E-state index in [0.29, 0.717) is 9.47 Å². The summed E-state index contributed by atoms with van der Waals surface area (Å²) in [6.45, 7) is 0. The van der Waals surface area contributed by atoms with Gasteiger partial charge in [-0.2, -0.15) is 0 Å². The van der Waals surface area contributed by atoms with E-state index in [2.05, 4.69) is 10.2 Å². The van der Waals surface area contributed by atoms with Gasteiger partial charge in [0.05, 0.1) is 10.5 Å². The fraction of sp³-hybridized carbons (Fsp3) is 0.182. The highest BCUT2D eigenvalue weighted by Gasteiger charge is 2.18. The first-order valence-corrected chi connectivity index (χ1v) is 6.93. The average molecular weight is 317 g/mol. The number of anilines is 1. The van der Waals surface area contributed by atoms with Crippen LogP contribution < -0.4 is 4.90 Å². The molecule has 0 aliphatic carbocycles. The number of aromatic carboxylic acids is 1. The van der Waals surface area contributed by atoms with E-state index in [1.807, 2.05) is 0 Å². The van der Waals surface area contributed by atoms with Crippen molar-refractivity contribution in [2.75, 3.05) is 19.0 Å². The lowest BCUT2D eigenvalue weighted by atomic mass is 10.2. The zero-order valence-corrected chi connectivity index (χ0v) is 12.1. The molecule has 0 saturated heterocycles. The third-order valence-corrected chi connectivity index (χ3v) is 4.45. The largest absolute Gasteiger partial charge is 0.478 e. The Bertz CT molecular complexity index is 638. The van der Waals surface area contributed by atoms with Crippen molar-refractivity contribution in [2.45, 2.75) is 9.24 Å². The second kappa shape index (κ2) is 5.71. The Morgan fingerprint density at radius 1 is 1.30 bits per heavy atom. The lowest BCUT2D eigenvalue weighted by Crippen LogP contribution is -2.07. The van der Waals surface area contributed by atoms with Crippen LogP contribution >= 0.6 is 23.1 Å². The van der Waals surface area contributed by atoms with Crippen LogP contribution in [0.2, 0.25) is 0 Å². The van der Waals surface area contributed by atoms with Crippen molar-refractivity contribution in [2.24, 2.45) is 0 Å². The van der Waals surface area contributed by atoms with Gasteiger partial charge in [-0.3, -0.25) is 0 Å². The predicted octanol–water partition coefficient (Wildman–Crippen LogP) is 2.73. The van der Waals surface area contributed by atoms with E-state index in [0.717, 1.165) is 23.9 Å². The van der Waals surface area contributed by atoms with Gasteiger partial charge in [0, 0.05) is 14.1 Å². The Morgan fingerprint density at radius 2 is 1.90 bits per heavy atom. The lowest BCUT2D eigenvalue weighted by Gasteiger charge is -2.04. The van der Waals surface area contributed by atoms with Crippen LogP contribution in [-0.2, 0) is 0 Å². The predicted molar refractivity (Wildman–Crippen MR) is 71.7 cm³/mol. The number of carboxylic acids is 1. The van der Waals surface area contributed by atoms with Gasteiger partial charge in [-0.15, -0.1) is 10.2 Å². The molecule has 1 heterocycles. The number of carbonyl (C=O) groups is 1. The Hall–Kier alpha value is -1.74. The van der Waals surface area contributed by atoms with E-state index < -0.39 is 23.2 Å². The van der Waals surface area contributed by atoms with E-state index in [4.69, 9.17) is 5.11 Å². The number of hydrogen-bond donors (Lipinski definition) is 1. The second-order valence-electron chi connectivity index (χ2n) is 3.92. The third-order valence-electron chi connectivity index (χ3n) is 2.21. The Morgan fingerprint density at radius 3 is 2.35 bits per heavy atom. The summed E-state index contributed by atoms with van der Waals surface area (Å²) in [5.41, 5.74) is -0.435. The Kier molecular flexibility index (Phi) is 4.19. The molecule has 2 aromatic rings. The van der Waals surface area contributed by atoms with E-state index in [1.54, 1.807) is 19.0 Å². The van der Waals surface area contributed by atoms with Crippen LogP contribution in [0, 0.1) is 11.6 Å². The minimum absolute atomic E-state index is 0.295. The van der Waals surface area contributed by atoms with E-state index in [1.165, 1.54) is 11.3 Å². The number of benzene rings is 1. The van der Waals surface area contributed by atoms with Crippen molar-refractivity contribution < 1.29 is 18.7 Å². The van der Waals surface area contributed by atoms with Crippen molar-refractivity contribution in [3.8, 4) is 0 Å². The fourth-order valence-corrected chi connectivity index (χ4v) is 3.00. The van der Waals surface area contributed by atoms with Gasteiger partial charge >= 0.3 is 5.97 Å². The van der Waals surface area contributed by atoms with Gasteiger partial charge < -0.3 is 10.0 Å². The lowest BCUT2D eigenvalue weighted by molar-refractivity contribution is 0.0695. The summed E-state index contributed by atoms with van der Waals surface area (Å²) in [5.74, 6) is -3.26. The zero-order chi connectivity index (χ0) is 14.9. The maximum Gasteiger partial charge on any atom is 0.335 e. The van der Waals surface area contributed by atoms with Crippen LogP contribution in [0.5, 0.6) is 0 Å². The summed E-state index contributed by atoms with van der Waals surface area (Å²) in [4.78, 5) is 12.1. The highest BCUT2D eigenvalue weighted by atomic mass is 32.2. The molecule has 2 rings (SSSR count). The van der Waals surface area contributed by atoms with Crippen LogP contribution in [0.25, 0.3) is 0 Å². The van der Waals surface area contributed by atoms with Crippen molar-refractivity contribution in [3.63, 3.8) is 0 Å². The van der Waals surface area contributed by atoms with Gasteiger partial charge in [0.15, 0.2) is 4.34 Å². The highest BCUT2D eigenvalue weighted by Crippen LogP contribution is 2.36. The first-order chi connectivity index (χ1) is 9.38. The number of carboxylic acid groups (broad SMARTS) is 1. The molecule has 0 fully saturated rings. The molecule has 1 aromatic carbocycles. The van der Waals surface area contributed by atoms with Crippen molar-refractivity contribution >= 4 is 34.2 Å². The molecule has 0 atom stereocenters. The smallest absolute Gasteiger partial charge is 0.335 e. The molecule has 0 spiro atoms. The van der Waals surface area contributed by atoms with Crippen LogP contribution in [0.3, 0.4) is 0 Å². The summed E-state index contributed by atoms with van der Waals surface area (Å²) in [5, 5.41) is 17.0. The number of aromatic nitrogens is 2. The molecule has 0 saturated carbocycles. The van der Waals surface area contributed by atoms with E-state index >= 15 is 0 Å². The first-order valence-electron chi connectivity index (χ1n) is 5.29. The molecule has 5 nitrogen and oxygen atoms in total. The monoisotopic (exact) mass is 317 g/mol. The summed E-state index contributed by atoms with van der Waals surface area (Å²) >= 11 is 1.96. The minimum Gasteiger partial charge on any atom is -0.478 e. The van der Waals surface area contributed by atoms with Crippen LogP contribution in [-0.4, -0.2) is 35.4 Å². The number of rotatable bonds is 4. The van der Waals surface area contributed by atoms with Gasteiger partial charge in [0.1, 0.15) is 11.6 Å². The normalized spacial score (nSPS) is 10.6. The van der Waals surface area contributed by atoms with Gasteiger partial charge in [0.2, 0.25) is 5.13 Å². The molecule has 106 valence electrons. The summed E-state index contributed by atoms with van der Waals surface area (Å²) in [6.07, 6.45) is 0. The maximum absolute atomic E-state index is 13.7. The molecule has 0 radical (unpaired) electrons. The van der Waals surface area contributed by atoms with E-state index in [9.17, 15) is 13.6 Å². The van der Waals surface area contributed by atoms with Gasteiger partial charge in [0.25, 0.3) is 0 Å². The summed E-state index contributed by atoms with van der Waals surface area (Å²) in [7, 11) is 3.55. The highest BCUT2D eigenvalue weighted by molar-refractivity contribution is 8.01. The maximum atomic E-state index is 13.7. The van der Waals surface area contributed by atoms with Crippen LogP contribution in [0.4, 0.5) is 13.9 Å². The van der Waals surface area contributed by atoms with E-state index in [-0.39, 0.29) is 4.90 Å². The molecule has 0 aliphatic heterocycles. The quantitative estimate of drug-likeness (QED) is 0.935. The molecule has 0 bridgehead atoms. The molecular weight excluding hydrogens is 308 g/mol. The molecule has 0 aliphatic rings. The van der Waals surface area contributed by atoms with Gasteiger partial charge in [-0.1, -0.05) is 23.1 Å². The second-order valence-corrected chi connectivity index (χ2v) is 6.13. The zero-order valence-electron chi connectivity index (χ0n) is 10.4. The number of halogens is 2. The third kappa shape index (κ3) is 3.05. The Labute approximate surface area is 121 Å². The topological polar surface area (TPSA) is 66.3 Å². The summed E-state index contributed by atoms with van der Waals surface area (Å²) in [6, 6.07) is 1.56. The van der Waals surface area contributed by atoms with Crippen LogP contribution in [0.1, 0.15) is 10.4 Å². The van der Waals surface area contributed by atoms with Crippen LogP contribution in [0.15, 0.2) is 21.4 Å². The molecule has 1 aromatic heterocycles. The molecular formula is C11H9F2N3O2S2. The number of hydrogen-bond acceptors (Lipinski definition) is 6. The van der Waals surface area contributed by atoms with Crippen molar-refractivity contribution in [3.05, 3.63) is 29.3 Å². The van der Waals surface area contributed by atoms with Crippen molar-refractivity contribution in [1.82, 2.24) is 10.2 Å². The average Bonchev–Trinajstić information content (AvgIpc) is 2.82. The van der Waals surface area contributed by atoms with Gasteiger partial charge in [-0.05, 0) is 12.1 Å². The van der Waals surface area contributed by atoms with Crippen molar-refractivity contribution in [1.29, 1.82) is 0 Å². The van der Waals surface area contributed by atoms with Gasteiger partial charge in [-0.25, -0.2) is 13.6 Å². The standard InChI is InChI=1S/C11H9F2N3O2S2/c1-16(2)10-14-15-11(20-10)19-8-6(12)3-5(9(17)18)4-7(8)13/h3-4H,1-2H3,(H,17,18). The molecule has 0 unspecified atom stereocenters. The molecule has 20 heavy (non-hydrogen) atoms. The Balaban J connectivity index is 2.31. The molecule has 9 heteroatoms. The summed E-state index contributed by atoms with van der Waals surface area (Å²) < 4.78 is 27.9. The minimum atomic E-state index is -1.38. The number of nitrogens with zero attached hydrogens (tertiary/aromatic N) is 3. The molecule has 1 N–H and O–H groups in total. The molecule has 0 amide bonds. The SMILES string of the molecule is CN(C)c1nnc(Sc2c(F)cc(C(=O)O)cc2F)s1. The fourth-order valence-electron chi connectivity index (χ4n) is 1.29.